The van der Waals surface area contributed by atoms with Gasteiger partial charge in [-0.25, -0.2) is 0 Å². The van der Waals surface area contributed by atoms with E-state index < -0.39 is 5.41 Å². The van der Waals surface area contributed by atoms with Crippen molar-refractivity contribution in [3.05, 3.63) is 264 Å². The third kappa shape index (κ3) is 7.90. The van der Waals surface area contributed by atoms with Gasteiger partial charge in [-0.1, -0.05) is 214 Å². The van der Waals surface area contributed by atoms with Crippen molar-refractivity contribution < 1.29 is 0 Å². The summed E-state index contributed by atoms with van der Waals surface area (Å²) >= 11 is 0. The van der Waals surface area contributed by atoms with Crippen LogP contribution in [-0.4, -0.2) is 0 Å². The molecule has 0 heterocycles. The number of rotatable bonds is 14. The standard InChI is InChI=1S/C65H57N/c1-4-7-19-47(20-8-5-2)29-30-48(6-3)49-35-39-56(40-36-49)66(57-41-37-50(38-42-57)53-34-33-52-32-31-51-21-15-16-26-59(51)62(52)45-53)58-43-44-61-60-27-17-18-28-63(60)65(64(61)46-58,54-22-11-9-12-23-54)55-24-13-10-14-25-55/h4,6-7,9-18,21-47H,5,8,19-20H2,1-3H3/b7-4-,30-29-,48-6+/t47-/m1/s1. The van der Waals surface area contributed by atoms with Crippen LogP contribution in [0.1, 0.15) is 74.3 Å². The third-order valence-electron chi connectivity index (χ3n) is 13.8. The second-order valence-corrected chi connectivity index (χ2v) is 17.7. The Morgan fingerprint density at radius 1 is 0.530 bits per heavy atom. The fourth-order valence-electron chi connectivity index (χ4n) is 10.5. The highest BCUT2D eigenvalue weighted by Crippen LogP contribution is 2.57. The van der Waals surface area contributed by atoms with E-state index >= 15 is 0 Å². The topological polar surface area (TPSA) is 3.24 Å². The molecule has 0 N–H and O–H groups in total. The predicted molar refractivity (Wildman–Crippen MR) is 284 cm³/mol. The molecule has 0 bridgehead atoms. The lowest BCUT2D eigenvalue weighted by atomic mass is 9.67. The maximum atomic E-state index is 2.47. The second kappa shape index (κ2) is 18.9. The first kappa shape index (κ1) is 42.5. The van der Waals surface area contributed by atoms with E-state index in [1.54, 1.807) is 0 Å². The van der Waals surface area contributed by atoms with Gasteiger partial charge in [0.05, 0.1) is 5.41 Å². The highest BCUT2D eigenvalue weighted by molar-refractivity contribution is 6.08. The summed E-state index contributed by atoms with van der Waals surface area (Å²) in [6.07, 6.45) is 16.3. The first-order valence-corrected chi connectivity index (χ1v) is 23.8. The minimum atomic E-state index is -0.501. The molecule has 10 rings (SSSR count). The van der Waals surface area contributed by atoms with Crippen molar-refractivity contribution in [2.24, 2.45) is 5.92 Å². The van der Waals surface area contributed by atoms with Gasteiger partial charge in [-0.2, -0.15) is 0 Å². The van der Waals surface area contributed by atoms with E-state index in [1.165, 1.54) is 96.5 Å². The van der Waals surface area contributed by atoms with Crippen molar-refractivity contribution in [1.29, 1.82) is 0 Å². The van der Waals surface area contributed by atoms with Crippen molar-refractivity contribution in [3.63, 3.8) is 0 Å². The van der Waals surface area contributed by atoms with Crippen molar-refractivity contribution in [1.82, 2.24) is 0 Å². The molecule has 0 radical (unpaired) electrons. The fraction of sp³-hybridized carbons (Fsp3) is 0.138. The molecule has 1 aliphatic rings. The van der Waals surface area contributed by atoms with Crippen LogP contribution in [0, 0.1) is 5.92 Å². The zero-order valence-corrected chi connectivity index (χ0v) is 38.4. The monoisotopic (exact) mass is 851 g/mol. The van der Waals surface area contributed by atoms with Gasteiger partial charge < -0.3 is 4.90 Å². The van der Waals surface area contributed by atoms with Gasteiger partial charge >= 0.3 is 0 Å². The molecule has 1 nitrogen and oxygen atoms in total. The molecule has 322 valence electrons. The number of fused-ring (bicyclic) bond motifs is 6. The minimum absolute atomic E-state index is 0.501. The highest BCUT2D eigenvalue weighted by Gasteiger charge is 2.46. The number of allylic oxidation sites excluding steroid dienone is 6. The summed E-state index contributed by atoms with van der Waals surface area (Å²) in [5.41, 5.74) is 15.4. The van der Waals surface area contributed by atoms with E-state index in [0.29, 0.717) is 5.92 Å². The Morgan fingerprint density at radius 3 is 1.82 bits per heavy atom. The number of nitrogens with zero attached hydrogens (tertiary/aromatic N) is 1. The number of hydrogen-bond donors (Lipinski definition) is 0. The van der Waals surface area contributed by atoms with E-state index in [9.17, 15) is 0 Å². The van der Waals surface area contributed by atoms with Gasteiger partial charge in [0.15, 0.2) is 0 Å². The lowest BCUT2D eigenvalue weighted by Gasteiger charge is -2.35. The molecule has 1 heteroatoms. The maximum absolute atomic E-state index is 2.47. The van der Waals surface area contributed by atoms with Crippen LogP contribution < -0.4 is 4.90 Å². The van der Waals surface area contributed by atoms with Crippen molar-refractivity contribution in [2.45, 2.75) is 51.9 Å². The van der Waals surface area contributed by atoms with E-state index in [1.807, 2.05) is 0 Å². The number of hydrogen-bond acceptors (Lipinski definition) is 1. The Morgan fingerprint density at radius 2 is 1.12 bits per heavy atom. The van der Waals surface area contributed by atoms with Crippen LogP contribution in [0.3, 0.4) is 0 Å². The summed E-state index contributed by atoms with van der Waals surface area (Å²) in [6.45, 7) is 6.55. The number of anilines is 3. The lowest BCUT2D eigenvalue weighted by Crippen LogP contribution is -2.28. The summed E-state index contributed by atoms with van der Waals surface area (Å²) in [6, 6.07) is 76.7. The van der Waals surface area contributed by atoms with Crippen LogP contribution in [-0.2, 0) is 5.41 Å². The van der Waals surface area contributed by atoms with Gasteiger partial charge in [0.2, 0.25) is 0 Å². The van der Waals surface area contributed by atoms with Crippen LogP contribution in [0.25, 0.3) is 49.4 Å². The van der Waals surface area contributed by atoms with Gasteiger partial charge in [0, 0.05) is 17.1 Å². The van der Waals surface area contributed by atoms with E-state index in [4.69, 9.17) is 0 Å². The first-order chi connectivity index (χ1) is 32.6. The third-order valence-corrected chi connectivity index (χ3v) is 13.8. The largest absolute Gasteiger partial charge is 0.310 e. The molecule has 0 saturated carbocycles. The van der Waals surface area contributed by atoms with Crippen molar-refractivity contribution in [3.8, 4) is 22.3 Å². The molecule has 1 atom stereocenters. The molecule has 0 unspecified atom stereocenters. The molecule has 9 aromatic rings. The molecule has 9 aromatic carbocycles. The lowest BCUT2D eigenvalue weighted by molar-refractivity contribution is 0.561. The van der Waals surface area contributed by atoms with Crippen LogP contribution in [0.4, 0.5) is 17.1 Å². The summed E-state index contributed by atoms with van der Waals surface area (Å²) in [4.78, 5) is 2.44. The zero-order chi connectivity index (χ0) is 44.9. The summed E-state index contributed by atoms with van der Waals surface area (Å²) in [7, 11) is 0. The second-order valence-electron chi connectivity index (χ2n) is 17.7. The van der Waals surface area contributed by atoms with Gasteiger partial charge in [-0.15, -0.1) is 0 Å². The molecule has 66 heavy (non-hydrogen) atoms. The predicted octanol–water partition coefficient (Wildman–Crippen LogP) is 18.2. The van der Waals surface area contributed by atoms with E-state index in [0.717, 1.165) is 23.5 Å². The molecule has 0 spiro atoms. The average molecular weight is 852 g/mol. The van der Waals surface area contributed by atoms with E-state index in [-0.39, 0.29) is 0 Å². The van der Waals surface area contributed by atoms with Gasteiger partial charge in [-0.05, 0) is 152 Å². The smallest absolute Gasteiger partial charge is 0.0714 e. The zero-order valence-electron chi connectivity index (χ0n) is 38.4. The van der Waals surface area contributed by atoms with Crippen LogP contribution >= 0.6 is 0 Å². The molecular weight excluding hydrogens is 795 g/mol. The fourth-order valence-corrected chi connectivity index (χ4v) is 10.5. The molecular formula is C65H57N. The Hall–Kier alpha value is -7.48. The number of unbranched alkanes of at least 4 members (excludes halogenated alkanes) is 1. The molecule has 0 saturated heterocycles. The molecule has 0 amide bonds. The van der Waals surface area contributed by atoms with Gasteiger partial charge in [0.1, 0.15) is 0 Å². The Bertz CT molecular complexity index is 3170. The summed E-state index contributed by atoms with van der Waals surface area (Å²) in [5, 5.41) is 5.08. The summed E-state index contributed by atoms with van der Waals surface area (Å²) in [5.74, 6) is 0.535. The normalized spacial score (nSPS) is 13.7. The SMILES string of the molecule is C/C=C\C[C@@H](/C=C\C(=C/C)c1ccc(N(c2ccc(-c3ccc4ccc5ccccc5c4c3)cc2)c2ccc3c(c2)C(c2ccccc2)(c2ccccc2)c2ccccc2-3)cc1)CCCC. The van der Waals surface area contributed by atoms with Crippen LogP contribution in [0.15, 0.2) is 237 Å². The molecule has 0 aliphatic heterocycles. The van der Waals surface area contributed by atoms with E-state index in [2.05, 4.69) is 262 Å². The summed E-state index contributed by atoms with van der Waals surface area (Å²) < 4.78 is 0. The van der Waals surface area contributed by atoms with Crippen molar-refractivity contribution in [2.75, 3.05) is 4.90 Å². The molecule has 0 fully saturated rings. The Labute approximate surface area is 391 Å². The first-order valence-electron chi connectivity index (χ1n) is 23.8. The minimum Gasteiger partial charge on any atom is -0.310 e. The van der Waals surface area contributed by atoms with Crippen LogP contribution in [0.2, 0.25) is 0 Å². The highest BCUT2D eigenvalue weighted by atomic mass is 15.1. The Kier molecular flexibility index (Phi) is 12.2. The van der Waals surface area contributed by atoms with Crippen LogP contribution in [0.5, 0.6) is 0 Å². The maximum Gasteiger partial charge on any atom is 0.0714 e. The number of benzene rings is 9. The quantitative estimate of drug-likeness (QED) is 0.0598. The Balaban J connectivity index is 1.10. The van der Waals surface area contributed by atoms with Gasteiger partial charge in [0.25, 0.3) is 0 Å². The average Bonchev–Trinajstić information content (AvgIpc) is 3.68. The van der Waals surface area contributed by atoms with Gasteiger partial charge in [-0.3, -0.25) is 0 Å². The molecule has 0 aromatic heterocycles. The van der Waals surface area contributed by atoms with Crippen molar-refractivity contribution >= 4 is 44.2 Å². The molecule has 1 aliphatic carbocycles.